The van der Waals surface area contributed by atoms with Crippen LogP contribution in [-0.4, -0.2) is 26.4 Å². The van der Waals surface area contributed by atoms with Crippen molar-refractivity contribution in [3.8, 4) is 11.6 Å². The number of benzene rings is 2. The maximum absolute atomic E-state index is 12.6. The molecule has 1 N–H and O–H groups in total. The maximum atomic E-state index is 12.6. The molecular formula is C24H24N4O2S. The van der Waals surface area contributed by atoms with Crippen LogP contribution >= 0.6 is 11.8 Å². The summed E-state index contributed by atoms with van der Waals surface area (Å²) in [4.78, 5) is 12.6. The van der Waals surface area contributed by atoms with Crippen LogP contribution in [0, 0.1) is 6.92 Å². The van der Waals surface area contributed by atoms with Gasteiger partial charge >= 0.3 is 0 Å². The highest BCUT2D eigenvalue weighted by molar-refractivity contribution is 7.99. The molecule has 0 saturated heterocycles. The first kappa shape index (κ1) is 20.9. The summed E-state index contributed by atoms with van der Waals surface area (Å²) < 4.78 is 7.86. The number of thioether (sulfide) groups is 1. The average Bonchev–Trinajstić information content (AvgIpc) is 3.37. The van der Waals surface area contributed by atoms with Gasteiger partial charge in [0.1, 0.15) is 5.58 Å². The van der Waals surface area contributed by atoms with Crippen LogP contribution in [0.2, 0.25) is 0 Å². The summed E-state index contributed by atoms with van der Waals surface area (Å²) in [7, 11) is 0. The molecule has 0 aliphatic heterocycles. The molecule has 0 aliphatic carbocycles. The predicted molar refractivity (Wildman–Crippen MR) is 125 cm³/mol. The Morgan fingerprint density at radius 3 is 2.84 bits per heavy atom. The van der Waals surface area contributed by atoms with Crippen molar-refractivity contribution >= 4 is 34.3 Å². The third-order valence-corrected chi connectivity index (χ3v) is 5.98. The van der Waals surface area contributed by atoms with E-state index < -0.39 is 0 Å². The zero-order valence-electron chi connectivity index (χ0n) is 17.6. The van der Waals surface area contributed by atoms with Crippen LogP contribution in [0.25, 0.3) is 22.6 Å². The molecule has 0 atom stereocenters. The van der Waals surface area contributed by atoms with Gasteiger partial charge in [-0.1, -0.05) is 61.2 Å². The van der Waals surface area contributed by atoms with E-state index in [1.807, 2.05) is 60.0 Å². The number of hydrogen-bond acceptors (Lipinski definition) is 5. The monoisotopic (exact) mass is 432 g/mol. The number of fused-ring (bicyclic) bond motifs is 1. The first-order valence-corrected chi connectivity index (χ1v) is 11.1. The van der Waals surface area contributed by atoms with E-state index in [0.29, 0.717) is 23.3 Å². The lowest BCUT2D eigenvalue weighted by Crippen LogP contribution is -2.16. The Hall–Kier alpha value is -3.32. The minimum Gasteiger partial charge on any atom is -0.453 e. The fourth-order valence-corrected chi connectivity index (χ4v) is 4.22. The Morgan fingerprint density at radius 2 is 2.06 bits per heavy atom. The number of aryl methyl sites for hydroxylation is 2. The van der Waals surface area contributed by atoms with E-state index in [-0.39, 0.29) is 11.7 Å². The van der Waals surface area contributed by atoms with Crippen molar-refractivity contribution in [2.24, 2.45) is 0 Å². The van der Waals surface area contributed by atoms with Crippen LogP contribution in [-0.2, 0) is 17.8 Å². The quantitative estimate of drug-likeness (QED) is 0.295. The van der Waals surface area contributed by atoms with E-state index in [2.05, 4.69) is 29.0 Å². The molecule has 2 aromatic heterocycles. The largest absolute Gasteiger partial charge is 0.453 e. The number of carbonyl (C=O) groups is 1. The van der Waals surface area contributed by atoms with Crippen molar-refractivity contribution in [3.63, 3.8) is 0 Å². The lowest BCUT2D eigenvalue weighted by Gasteiger charge is -2.13. The molecule has 0 spiro atoms. The number of anilines is 1. The number of para-hydroxylation sites is 2. The minimum atomic E-state index is -0.0764. The second kappa shape index (κ2) is 9.22. The molecule has 31 heavy (non-hydrogen) atoms. The summed E-state index contributed by atoms with van der Waals surface area (Å²) in [6.45, 7) is 8.44. The van der Waals surface area contributed by atoms with Crippen molar-refractivity contribution in [2.45, 2.75) is 32.0 Å². The third-order valence-electron chi connectivity index (χ3n) is 5.01. The van der Waals surface area contributed by atoms with Gasteiger partial charge in [0.15, 0.2) is 10.9 Å². The van der Waals surface area contributed by atoms with Gasteiger partial charge in [-0.05, 0) is 36.6 Å². The number of carbonyl (C=O) groups excluding carboxylic acids is 1. The van der Waals surface area contributed by atoms with Gasteiger partial charge < -0.3 is 9.73 Å². The Kier molecular flexibility index (Phi) is 6.23. The van der Waals surface area contributed by atoms with Gasteiger partial charge in [-0.3, -0.25) is 9.36 Å². The highest BCUT2D eigenvalue weighted by Crippen LogP contribution is 2.29. The standard InChI is InChI=1S/C24H24N4O2S/c1-4-13-28-23(20-14-18-10-6-7-12-19(18)30-20)26-27-24(28)31-15-21(29)25-22-16(3)9-8-11-17(22)5-2/h4,6-12,14H,1,5,13,15H2,2-3H3,(H,25,29). The summed E-state index contributed by atoms with van der Waals surface area (Å²) in [6.07, 6.45) is 2.64. The molecule has 4 rings (SSSR count). The molecule has 0 unspecified atom stereocenters. The molecule has 6 nitrogen and oxygen atoms in total. The molecule has 0 saturated carbocycles. The lowest BCUT2D eigenvalue weighted by molar-refractivity contribution is -0.113. The van der Waals surface area contributed by atoms with Gasteiger partial charge in [0.2, 0.25) is 11.7 Å². The number of amides is 1. The van der Waals surface area contributed by atoms with E-state index in [1.54, 1.807) is 6.08 Å². The molecule has 0 aliphatic rings. The average molecular weight is 433 g/mol. The first-order valence-electron chi connectivity index (χ1n) is 10.1. The van der Waals surface area contributed by atoms with Crippen LogP contribution in [0.1, 0.15) is 18.1 Å². The van der Waals surface area contributed by atoms with E-state index in [0.717, 1.165) is 34.2 Å². The summed E-state index contributed by atoms with van der Waals surface area (Å²) in [5, 5.41) is 13.3. The fourth-order valence-electron chi connectivity index (χ4n) is 3.47. The zero-order valence-corrected chi connectivity index (χ0v) is 18.4. The Bertz CT molecular complexity index is 1210. The molecule has 4 aromatic rings. The Balaban J connectivity index is 1.53. The van der Waals surface area contributed by atoms with Gasteiger partial charge in [0, 0.05) is 17.6 Å². The number of nitrogens with one attached hydrogen (secondary N) is 1. The Morgan fingerprint density at radius 1 is 1.23 bits per heavy atom. The molecule has 158 valence electrons. The Labute approximate surface area is 185 Å². The smallest absolute Gasteiger partial charge is 0.234 e. The highest BCUT2D eigenvalue weighted by Gasteiger charge is 2.18. The van der Waals surface area contributed by atoms with Crippen molar-refractivity contribution in [3.05, 3.63) is 72.3 Å². The summed E-state index contributed by atoms with van der Waals surface area (Å²) in [5.74, 6) is 1.41. The molecule has 0 radical (unpaired) electrons. The van der Waals surface area contributed by atoms with Crippen LogP contribution in [0.4, 0.5) is 5.69 Å². The highest BCUT2D eigenvalue weighted by atomic mass is 32.2. The van der Waals surface area contributed by atoms with Gasteiger partial charge in [-0.15, -0.1) is 16.8 Å². The van der Waals surface area contributed by atoms with Crippen molar-refractivity contribution in [1.82, 2.24) is 14.8 Å². The number of aromatic nitrogens is 3. The molecular weight excluding hydrogens is 408 g/mol. The van der Waals surface area contributed by atoms with Crippen LogP contribution in [0.5, 0.6) is 0 Å². The van der Waals surface area contributed by atoms with Crippen LogP contribution < -0.4 is 5.32 Å². The van der Waals surface area contributed by atoms with Crippen molar-refractivity contribution in [2.75, 3.05) is 11.1 Å². The van der Waals surface area contributed by atoms with Crippen LogP contribution in [0.3, 0.4) is 0 Å². The predicted octanol–water partition coefficient (Wildman–Crippen LogP) is 5.48. The normalized spacial score (nSPS) is 11.0. The number of allylic oxidation sites excluding steroid dienone is 1. The molecule has 2 heterocycles. The van der Waals surface area contributed by atoms with Crippen LogP contribution in [0.15, 0.2) is 70.8 Å². The SMILES string of the molecule is C=CCn1c(SCC(=O)Nc2c(C)cccc2CC)nnc1-c1cc2ccccc2o1. The van der Waals surface area contributed by atoms with Crippen molar-refractivity contribution in [1.29, 1.82) is 0 Å². The molecule has 0 fully saturated rings. The number of furan rings is 1. The van der Waals surface area contributed by atoms with E-state index in [1.165, 1.54) is 11.8 Å². The van der Waals surface area contributed by atoms with E-state index in [9.17, 15) is 4.79 Å². The van der Waals surface area contributed by atoms with Gasteiger partial charge in [0.05, 0.1) is 5.75 Å². The second-order valence-electron chi connectivity index (χ2n) is 7.15. The maximum Gasteiger partial charge on any atom is 0.234 e. The fraction of sp³-hybridized carbons (Fsp3) is 0.208. The third kappa shape index (κ3) is 4.41. The second-order valence-corrected chi connectivity index (χ2v) is 8.10. The molecule has 7 heteroatoms. The minimum absolute atomic E-state index is 0.0764. The molecule has 2 aromatic carbocycles. The zero-order chi connectivity index (χ0) is 21.8. The topological polar surface area (TPSA) is 73.0 Å². The van der Waals surface area contributed by atoms with Crippen molar-refractivity contribution < 1.29 is 9.21 Å². The number of rotatable bonds is 8. The first-order chi connectivity index (χ1) is 15.1. The molecule has 1 amide bonds. The number of nitrogens with zero attached hydrogens (tertiary/aromatic N) is 3. The summed E-state index contributed by atoms with van der Waals surface area (Å²) >= 11 is 1.34. The van der Waals surface area contributed by atoms with Gasteiger partial charge in [0.25, 0.3) is 0 Å². The lowest BCUT2D eigenvalue weighted by atomic mass is 10.1. The molecule has 0 bridgehead atoms. The van der Waals surface area contributed by atoms with Gasteiger partial charge in [-0.2, -0.15) is 0 Å². The van der Waals surface area contributed by atoms with Gasteiger partial charge in [-0.25, -0.2) is 0 Å². The summed E-state index contributed by atoms with van der Waals surface area (Å²) in [5.41, 5.74) is 3.87. The van der Waals surface area contributed by atoms with E-state index >= 15 is 0 Å². The van der Waals surface area contributed by atoms with E-state index in [4.69, 9.17) is 4.42 Å². The number of hydrogen-bond donors (Lipinski definition) is 1. The summed E-state index contributed by atoms with van der Waals surface area (Å²) in [6, 6.07) is 15.8.